The highest BCUT2D eigenvalue weighted by Gasteiger charge is 2.31. The van der Waals surface area contributed by atoms with Crippen molar-refractivity contribution in [1.82, 2.24) is 14.6 Å². The minimum atomic E-state index is -3.96. The predicted octanol–water partition coefficient (Wildman–Crippen LogP) is 2.37. The van der Waals surface area contributed by atoms with Crippen LogP contribution in [-0.4, -0.2) is 93.2 Å². The first kappa shape index (κ1) is 34.4. The van der Waals surface area contributed by atoms with Crippen LogP contribution in [0.1, 0.15) is 17.9 Å². The molecule has 0 spiro atoms. The van der Waals surface area contributed by atoms with Gasteiger partial charge in [-0.2, -0.15) is 4.31 Å². The van der Waals surface area contributed by atoms with Gasteiger partial charge >= 0.3 is 0 Å². The summed E-state index contributed by atoms with van der Waals surface area (Å²) in [6.07, 6.45) is 2.22. The Balaban J connectivity index is 1.23. The number of allylic oxidation sites excluding steroid dienone is 1. The molecular weight excluding hydrogens is 650 g/mol. The molecule has 17 heteroatoms. The number of sulfonamides is 1. The third kappa shape index (κ3) is 8.48. The summed E-state index contributed by atoms with van der Waals surface area (Å²) in [7, 11) is -2.48. The Kier molecular flexibility index (Phi) is 11.3. The van der Waals surface area contributed by atoms with E-state index in [9.17, 15) is 28.4 Å². The number of aliphatic hydroxyl groups excluding tert-OH is 1. The van der Waals surface area contributed by atoms with Crippen LogP contribution >= 0.6 is 0 Å². The van der Waals surface area contributed by atoms with Crippen molar-refractivity contribution in [3.63, 3.8) is 0 Å². The smallest absolute Gasteiger partial charge is 0.287 e. The summed E-state index contributed by atoms with van der Waals surface area (Å²) < 4.78 is 55.7. The van der Waals surface area contributed by atoms with E-state index in [0.29, 0.717) is 29.5 Å². The van der Waals surface area contributed by atoms with Gasteiger partial charge < -0.3 is 39.4 Å². The largest absolute Gasteiger partial charge is 0.497 e. The van der Waals surface area contributed by atoms with Crippen LogP contribution in [0.4, 0.5) is 11.5 Å². The van der Waals surface area contributed by atoms with Gasteiger partial charge in [-0.05, 0) is 54.1 Å². The molecule has 16 nitrogen and oxygen atoms in total. The van der Waals surface area contributed by atoms with Crippen LogP contribution in [0.5, 0.6) is 17.2 Å². The molecule has 0 aliphatic carbocycles. The van der Waals surface area contributed by atoms with E-state index in [1.54, 1.807) is 12.1 Å². The van der Waals surface area contributed by atoms with E-state index in [1.165, 1.54) is 43.5 Å². The van der Waals surface area contributed by atoms with Crippen LogP contribution in [0.2, 0.25) is 0 Å². The summed E-state index contributed by atoms with van der Waals surface area (Å²) >= 11 is 0. The standard InChI is InChI=1S/C31H35N5O11S/c1-43-24-4-6-25(7-5-24)48(41,42)35(12-14-37)13-15-44-30-18-22(21-2-8-26-27(16-21)46-20-45-26)17-28(47-30)31(38)33-11-10-32-29-9-3-23(19-34-29)36(39)40/h2-9,16-17,19,22,30,37H,10-15,18,20H2,1H3,(H,32,34)(H,33,38). The highest BCUT2D eigenvalue weighted by molar-refractivity contribution is 7.89. The normalized spacial score (nSPS) is 16.9. The van der Waals surface area contributed by atoms with Gasteiger partial charge in [-0.25, -0.2) is 13.4 Å². The minimum Gasteiger partial charge on any atom is -0.497 e. The summed E-state index contributed by atoms with van der Waals surface area (Å²) in [5.74, 6) is 1.28. The first-order valence-corrected chi connectivity index (χ1v) is 16.4. The Morgan fingerprint density at radius 3 is 2.60 bits per heavy atom. The minimum absolute atomic E-state index is 0.0143. The SMILES string of the molecule is COc1ccc(S(=O)(=O)N(CCO)CCOC2CC(c3ccc4c(c3)OCO4)C=C(C(=O)NCCNc3ccc([N+](=O)[O-])cn3)O2)cc1. The van der Waals surface area contributed by atoms with E-state index in [-0.39, 0.29) is 61.8 Å². The van der Waals surface area contributed by atoms with Crippen LogP contribution in [0.25, 0.3) is 0 Å². The Morgan fingerprint density at radius 1 is 1.10 bits per heavy atom. The highest BCUT2D eigenvalue weighted by atomic mass is 32.2. The van der Waals surface area contributed by atoms with Gasteiger partial charge in [-0.15, -0.1) is 0 Å². The third-order valence-electron chi connectivity index (χ3n) is 7.47. The number of amides is 1. The quantitative estimate of drug-likeness (QED) is 0.113. The van der Waals surface area contributed by atoms with Gasteiger partial charge in [0.25, 0.3) is 11.6 Å². The summed E-state index contributed by atoms with van der Waals surface area (Å²) in [5.41, 5.74) is 0.695. The number of nitro groups is 1. The molecule has 2 atom stereocenters. The summed E-state index contributed by atoms with van der Waals surface area (Å²) in [5, 5.41) is 26.2. The molecule has 0 saturated heterocycles. The van der Waals surface area contributed by atoms with Crippen molar-refractivity contribution in [2.24, 2.45) is 0 Å². The van der Waals surface area contributed by atoms with Gasteiger partial charge in [0, 0.05) is 44.6 Å². The van der Waals surface area contributed by atoms with Crippen LogP contribution in [0.15, 0.2) is 77.5 Å². The number of fused-ring (bicyclic) bond motifs is 1. The van der Waals surface area contributed by atoms with Gasteiger partial charge in [-0.3, -0.25) is 14.9 Å². The molecule has 1 aromatic heterocycles. The number of hydrogen-bond acceptors (Lipinski definition) is 13. The molecule has 5 rings (SSSR count). The van der Waals surface area contributed by atoms with Crippen LogP contribution in [0.3, 0.4) is 0 Å². The number of ether oxygens (including phenoxy) is 5. The van der Waals surface area contributed by atoms with Crippen LogP contribution in [-0.2, 0) is 24.3 Å². The molecule has 2 aliphatic rings. The molecule has 0 saturated carbocycles. The molecule has 0 bridgehead atoms. The fraction of sp³-hybridized carbons (Fsp3) is 0.355. The van der Waals surface area contributed by atoms with E-state index < -0.39 is 33.8 Å². The van der Waals surface area contributed by atoms with Crippen molar-refractivity contribution in [2.45, 2.75) is 23.5 Å². The number of aromatic nitrogens is 1. The van der Waals surface area contributed by atoms with E-state index >= 15 is 0 Å². The molecule has 1 amide bonds. The number of benzene rings is 2. The van der Waals surface area contributed by atoms with Gasteiger partial charge in [-0.1, -0.05) is 6.07 Å². The maximum absolute atomic E-state index is 13.3. The van der Waals surface area contributed by atoms with Crippen LogP contribution < -0.4 is 24.8 Å². The molecular formula is C31H35N5O11S. The van der Waals surface area contributed by atoms with Gasteiger partial charge in [0.15, 0.2) is 17.3 Å². The van der Waals surface area contributed by atoms with Crippen molar-refractivity contribution in [2.75, 3.05) is 58.6 Å². The Morgan fingerprint density at radius 2 is 1.90 bits per heavy atom. The maximum atomic E-state index is 13.3. The zero-order chi connectivity index (χ0) is 34.1. The second kappa shape index (κ2) is 15.7. The molecule has 3 aromatic rings. The Hall–Kier alpha value is -4.97. The number of carbonyl (C=O) groups excluding carboxylic acids is 1. The lowest BCUT2D eigenvalue weighted by Gasteiger charge is -2.30. The van der Waals surface area contributed by atoms with Gasteiger partial charge in [0.2, 0.25) is 23.1 Å². The fourth-order valence-corrected chi connectivity index (χ4v) is 6.41. The van der Waals surface area contributed by atoms with Crippen molar-refractivity contribution >= 4 is 27.4 Å². The number of nitrogens with zero attached hydrogens (tertiary/aromatic N) is 3. The molecule has 3 heterocycles. The van der Waals surface area contributed by atoms with Gasteiger partial charge in [0.05, 0.1) is 30.1 Å². The third-order valence-corrected chi connectivity index (χ3v) is 9.39. The molecule has 2 unspecified atom stereocenters. The predicted molar refractivity (Wildman–Crippen MR) is 170 cm³/mol. The van der Waals surface area contributed by atoms with E-state index in [2.05, 4.69) is 15.6 Å². The summed E-state index contributed by atoms with van der Waals surface area (Å²) in [4.78, 5) is 27.5. The zero-order valence-electron chi connectivity index (χ0n) is 25.9. The van der Waals surface area contributed by atoms with Crippen molar-refractivity contribution in [3.8, 4) is 17.2 Å². The topological polar surface area (TPSA) is 201 Å². The van der Waals surface area contributed by atoms with E-state index in [0.717, 1.165) is 16.1 Å². The van der Waals surface area contributed by atoms with Crippen LogP contribution in [0, 0.1) is 10.1 Å². The number of rotatable bonds is 16. The monoisotopic (exact) mass is 685 g/mol. The number of anilines is 1. The van der Waals surface area contributed by atoms with Gasteiger partial charge in [0.1, 0.15) is 17.8 Å². The summed E-state index contributed by atoms with van der Waals surface area (Å²) in [6.45, 7) is -0.165. The molecule has 0 fully saturated rings. The molecule has 48 heavy (non-hydrogen) atoms. The van der Waals surface area contributed by atoms with Crippen molar-refractivity contribution < 1.29 is 46.9 Å². The lowest BCUT2D eigenvalue weighted by Crippen LogP contribution is -2.38. The van der Waals surface area contributed by atoms with E-state index in [1.807, 2.05) is 12.1 Å². The Bertz CT molecular complexity index is 1720. The molecule has 2 aliphatic heterocycles. The average Bonchev–Trinajstić information content (AvgIpc) is 3.58. The van der Waals surface area contributed by atoms with E-state index in [4.69, 9.17) is 23.7 Å². The highest BCUT2D eigenvalue weighted by Crippen LogP contribution is 2.38. The number of hydrogen-bond donors (Lipinski definition) is 3. The van der Waals surface area contributed by atoms with Crippen molar-refractivity contribution in [3.05, 3.63) is 88.3 Å². The number of nitrogens with one attached hydrogen (secondary N) is 2. The first-order valence-electron chi connectivity index (χ1n) is 14.9. The average molecular weight is 686 g/mol. The second-order valence-electron chi connectivity index (χ2n) is 10.5. The molecule has 256 valence electrons. The molecule has 2 aromatic carbocycles. The Labute approximate surface area is 276 Å². The lowest BCUT2D eigenvalue weighted by atomic mass is 9.92. The fourth-order valence-electron chi connectivity index (χ4n) is 4.99. The summed E-state index contributed by atoms with van der Waals surface area (Å²) in [6, 6.07) is 14.2. The second-order valence-corrected chi connectivity index (χ2v) is 12.5. The lowest BCUT2D eigenvalue weighted by molar-refractivity contribution is -0.385. The molecule has 0 radical (unpaired) electrons. The zero-order valence-corrected chi connectivity index (χ0v) is 26.8. The molecule has 3 N–H and O–H groups in total. The number of pyridine rings is 1. The maximum Gasteiger partial charge on any atom is 0.287 e. The number of carbonyl (C=O) groups is 1. The first-order chi connectivity index (χ1) is 23.2. The van der Waals surface area contributed by atoms with Crippen molar-refractivity contribution in [1.29, 1.82) is 0 Å². The number of aliphatic hydroxyl groups is 1. The number of methoxy groups -OCH3 is 1.